The minimum absolute atomic E-state index is 0.0371. The molecule has 0 bridgehead atoms. The summed E-state index contributed by atoms with van der Waals surface area (Å²) in [6.07, 6.45) is -0.663. The van der Waals surface area contributed by atoms with E-state index in [0.29, 0.717) is 6.61 Å². The molecule has 1 amide bonds. The van der Waals surface area contributed by atoms with Crippen LogP contribution in [0.1, 0.15) is 0 Å². The number of hydrogen-bond donors (Lipinski definition) is 0. The zero-order valence-electron chi connectivity index (χ0n) is 18.1. The van der Waals surface area contributed by atoms with Gasteiger partial charge in [0, 0.05) is 66.6 Å². The molecule has 166 valence electrons. The maximum Gasteiger partial charge on any atom is 0.248 e. The van der Waals surface area contributed by atoms with Gasteiger partial charge in [-0.15, -0.1) is 0 Å². The number of piperazine rings is 1. The van der Waals surface area contributed by atoms with Gasteiger partial charge in [-0.1, -0.05) is 0 Å². The van der Waals surface area contributed by atoms with Crippen molar-refractivity contribution in [1.82, 2.24) is 14.7 Å². The molecule has 3 saturated heterocycles. The van der Waals surface area contributed by atoms with Gasteiger partial charge < -0.3 is 28.6 Å². The van der Waals surface area contributed by atoms with Crippen LogP contribution in [0, 0.1) is 0 Å². The van der Waals surface area contributed by atoms with Crippen LogP contribution in [0.2, 0.25) is 0 Å². The Kier molecular flexibility index (Phi) is 9.17. The maximum atomic E-state index is 12.6. The van der Waals surface area contributed by atoms with Crippen molar-refractivity contribution in [3.05, 3.63) is 0 Å². The fourth-order valence-corrected chi connectivity index (χ4v) is 4.31. The third-order valence-corrected chi connectivity index (χ3v) is 6.11. The predicted octanol–water partition coefficient (Wildman–Crippen LogP) is -2.13. The minimum Gasteiger partial charge on any atom is -0.382 e. The highest BCUT2D eigenvalue weighted by molar-refractivity contribution is 6.11. The third kappa shape index (κ3) is 6.37. The molecule has 3 fully saturated rings. The summed E-state index contributed by atoms with van der Waals surface area (Å²) >= 11 is 0. The molecule has 0 aromatic carbocycles. The van der Waals surface area contributed by atoms with Gasteiger partial charge in [-0.25, -0.2) is 0 Å². The number of carbonyl (C=O) groups excluding carboxylic acids is 1. The molecule has 0 aromatic heterocycles. The Labute approximate surface area is 174 Å². The van der Waals surface area contributed by atoms with E-state index >= 15 is 0 Å². The van der Waals surface area contributed by atoms with Crippen LogP contribution in [0.15, 0.2) is 0 Å². The molecule has 29 heavy (non-hydrogen) atoms. The summed E-state index contributed by atoms with van der Waals surface area (Å²) in [6, 6.07) is -0.134. The van der Waals surface area contributed by atoms with Gasteiger partial charge in [0.25, 0.3) is 0 Å². The van der Waals surface area contributed by atoms with E-state index in [4.69, 9.17) is 23.7 Å². The van der Waals surface area contributed by atoms with Gasteiger partial charge in [0.15, 0.2) is 0 Å². The number of nitrogens with zero attached hydrogens (tertiary/aromatic N) is 3. The highest BCUT2D eigenvalue weighted by Gasteiger charge is 2.43. The molecule has 1 unspecified atom stereocenters. The monoisotopic (exact) mass is 413 g/mol. The fourth-order valence-electron chi connectivity index (χ4n) is 4.31. The number of ether oxygens (including phenoxy) is 5. The van der Waals surface area contributed by atoms with E-state index in [1.54, 1.807) is 14.2 Å². The second-order valence-corrected chi connectivity index (χ2v) is 7.99. The normalized spacial score (nSPS) is 32.0. The van der Waals surface area contributed by atoms with E-state index in [1.165, 1.54) is 0 Å². The second-order valence-electron chi connectivity index (χ2n) is 7.99. The molecule has 3 rings (SSSR count). The van der Waals surface area contributed by atoms with Gasteiger partial charge in [0.2, 0.25) is 5.91 Å². The van der Waals surface area contributed by atoms with E-state index in [2.05, 4.69) is 9.80 Å². The summed E-state index contributed by atoms with van der Waals surface area (Å²) in [4.78, 5) is 19.4. The van der Waals surface area contributed by atoms with Crippen molar-refractivity contribution in [3.8, 4) is 0 Å². The van der Waals surface area contributed by atoms with Crippen molar-refractivity contribution in [1.29, 1.82) is 0 Å². The van der Waals surface area contributed by atoms with Gasteiger partial charge in [0.05, 0.1) is 25.8 Å². The van der Waals surface area contributed by atoms with Crippen LogP contribution >= 0.6 is 0 Å². The highest BCUT2D eigenvalue weighted by atomic mass is 16.6. The standard InChI is InChI=1S/C19H36BN3O6/c1-25-13-15-17(26-2)18(19(20)29-15)28-14-16(24)23-7-5-21(6-8-23)3-4-22-9-11-27-12-10-22/h15,17-19H,3-14,20H2,1-2H3/t15-,17?,18+,19-/m1/s1. The Morgan fingerprint density at radius 2 is 1.66 bits per heavy atom. The summed E-state index contributed by atoms with van der Waals surface area (Å²) in [7, 11) is 5.23. The summed E-state index contributed by atoms with van der Waals surface area (Å²) in [5.41, 5.74) is 0. The molecule has 0 radical (unpaired) electrons. The van der Waals surface area contributed by atoms with Gasteiger partial charge in [-0.05, 0) is 0 Å². The first-order chi connectivity index (χ1) is 14.1. The first-order valence-corrected chi connectivity index (χ1v) is 10.7. The van der Waals surface area contributed by atoms with Gasteiger partial charge in [0.1, 0.15) is 32.8 Å². The maximum absolute atomic E-state index is 12.6. The first kappa shape index (κ1) is 22.9. The Morgan fingerprint density at radius 1 is 1.00 bits per heavy atom. The SMILES string of the molecule is B[C@@H]1O[C@H](COC)C(OC)[C@@H]1OCC(=O)N1CCN(CCN2CCOCC2)CC1. The molecule has 4 atom stereocenters. The van der Waals surface area contributed by atoms with Crippen LogP contribution in [-0.2, 0) is 28.5 Å². The molecule has 3 heterocycles. The van der Waals surface area contributed by atoms with Crippen LogP contribution in [-0.4, -0.2) is 146 Å². The van der Waals surface area contributed by atoms with Crippen molar-refractivity contribution in [2.24, 2.45) is 0 Å². The molecular weight excluding hydrogens is 377 g/mol. The van der Waals surface area contributed by atoms with E-state index in [-0.39, 0.29) is 36.8 Å². The van der Waals surface area contributed by atoms with Gasteiger partial charge in [-0.2, -0.15) is 0 Å². The average Bonchev–Trinajstić information content (AvgIpc) is 3.06. The zero-order valence-corrected chi connectivity index (χ0v) is 18.1. The average molecular weight is 413 g/mol. The molecule has 3 aliphatic heterocycles. The quantitative estimate of drug-likeness (QED) is 0.397. The molecule has 3 aliphatic rings. The zero-order chi connectivity index (χ0) is 20.6. The van der Waals surface area contributed by atoms with Crippen molar-refractivity contribution in [2.45, 2.75) is 24.3 Å². The lowest BCUT2D eigenvalue weighted by Gasteiger charge is -2.36. The lowest BCUT2D eigenvalue weighted by atomic mass is 9.93. The van der Waals surface area contributed by atoms with Crippen LogP contribution in [0.5, 0.6) is 0 Å². The highest BCUT2D eigenvalue weighted by Crippen LogP contribution is 2.25. The number of amides is 1. The summed E-state index contributed by atoms with van der Waals surface area (Å²) in [5, 5.41) is 0. The number of methoxy groups -OCH3 is 2. The lowest BCUT2D eigenvalue weighted by Crippen LogP contribution is -2.52. The molecular formula is C19H36BN3O6. The van der Waals surface area contributed by atoms with E-state index in [0.717, 1.165) is 65.6 Å². The molecule has 0 aliphatic carbocycles. The van der Waals surface area contributed by atoms with Crippen molar-refractivity contribution < 1.29 is 28.5 Å². The Hall–Kier alpha value is -0.745. The molecule has 9 nitrogen and oxygen atoms in total. The molecule has 0 aromatic rings. The van der Waals surface area contributed by atoms with E-state index in [9.17, 15) is 4.79 Å². The molecule has 0 N–H and O–H groups in total. The number of rotatable bonds is 9. The molecule has 0 spiro atoms. The van der Waals surface area contributed by atoms with E-state index in [1.807, 2.05) is 12.7 Å². The topological polar surface area (TPSA) is 72.9 Å². The Balaban J connectivity index is 1.36. The minimum atomic E-state index is -0.265. The van der Waals surface area contributed by atoms with Crippen molar-refractivity contribution in [2.75, 3.05) is 93.0 Å². The predicted molar refractivity (Wildman–Crippen MR) is 110 cm³/mol. The van der Waals surface area contributed by atoms with Crippen molar-refractivity contribution in [3.63, 3.8) is 0 Å². The van der Waals surface area contributed by atoms with Crippen LogP contribution in [0.3, 0.4) is 0 Å². The fraction of sp³-hybridized carbons (Fsp3) is 0.947. The van der Waals surface area contributed by atoms with Crippen LogP contribution < -0.4 is 0 Å². The number of carbonyl (C=O) groups is 1. The Bertz CT molecular complexity index is 502. The lowest BCUT2D eigenvalue weighted by molar-refractivity contribution is -0.142. The van der Waals surface area contributed by atoms with Gasteiger partial charge >= 0.3 is 0 Å². The second kappa shape index (κ2) is 11.6. The van der Waals surface area contributed by atoms with E-state index < -0.39 is 0 Å². The third-order valence-electron chi connectivity index (χ3n) is 6.11. The van der Waals surface area contributed by atoms with Gasteiger partial charge in [-0.3, -0.25) is 14.6 Å². The summed E-state index contributed by atoms with van der Waals surface area (Å²) in [6.45, 7) is 9.67. The van der Waals surface area contributed by atoms with Crippen molar-refractivity contribution >= 4 is 13.8 Å². The number of hydrogen-bond acceptors (Lipinski definition) is 8. The molecule has 0 saturated carbocycles. The Morgan fingerprint density at radius 3 is 2.28 bits per heavy atom. The molecule has 10 heteroatoms. The van der Waals surface area contributed by atoms with Crippen LogP contribution in [0.4, 0.5) is 0 Å². The largest absolute Gasteiger partial charge is 0.382 e. The number of morpholine rings is 1. The van der Waals surface area contributed by atoms with Crippen LogP contribution in [0.25, 0.3) is 0 Å². The summed E-state index contributed by atoms with van der Waals surface area (Å²) in [5.74, 6) is 0.0371. The first-order valence-electron chi connectivity index (χ1n) is 10.7. The smallest absolute Gasteiger partial charge is 0.248 e. The summed E-state index contributed by atoms with van der Waals surface area (Å²) < 4.78 is 27.9.